The molecule has 0 radical (unpaired) electrons. The first-order valence-corrected chi connectivity index (χ1v) is 8.89. The molecule has 1 aromatic carbocycles. The molecular weight excluding hydrogens is 324 g/mol. The van der Waals surface area contributed by atoms with Crippen LogP contribution in [0.5, 0.6) is 0 Å². The van der Waals surface area contributed by atoms with Crippen LogP contribution in [-0.2, 0) is 17.6 Å². The van der Waals surface area contributed by atoms with E-state index in [4.69, 9.17) is 4.74 Å². The summed E-state index contributed by atoms with van der Waals surface area (Å²) in [6.07, 6.45) is 5.89. The highest BCUT2D eigenvalue weighted by Gasteiger charge is 2.23. The number of aromatic nitrogens is 1. The van der Waals surface area contributed by atoms with Crippen molar-refractivity contribution in [2.24, 2.45) is 5.92 Å². The highest BCUT2D eigenvalue weighted by Crippen LogP contribution is 2.33. The van der Waals surface area contributed by atoms with Crippen molar-refractivity contribution in [1.29, 1.82) is 0 Å². The number of esters is 1. The zero-order valence-corrected chi connectivity index (χ0v) is 14.6. The van der Waals surface area contributed by atoms with Crippen LogP contribution in [-0.4, -0.2) is 24.0 Å². The quantitative estimate of drug-likeness (QED) is 0.811. The van der Waals surface area contributed by atoms with Crippen LogP contribution in [0.25, 0.3) is 0 Å². The van der Waals surface area contributed by atoms with Crippen molar-refractivity contribution in [3.05, 3.63) is 45.4 Å². The number of nitrogens with one attached hydrogen (secondary N) is 1. The molecule has 5 nitrogen and oxygen atoms in total. The predicted octanol–water partition coefficient (Wildman–Crippen LogP) is 3.70. The van der Waals surface area contributed by atoms with E-state index in [2.05, 4.69) is 10.3 Å². The maximum atomic E-state index is 12.5. The molecule has 0 bridgehead atoms. The normalized spacial score (nSPS) is 13.6. The lowest BCUT2D eigenvalue weighted by Crippen LogP contribution is -2.13. The lowest BCUT2D eigenvalue weighted by Gasteiger charge is -2.10. The number of benzene rings is 1. The van der Waals surface area contributed by atoms with Gasteiger partial charge >= 0.3 is 5.97 Å². The van der Waals surface area contributed by atoms with Gasteiger partial charge in [-0.15, -0.1) is 11.3 Å². The van der Waals surface area contributed by atoms with E-state index >= 15 is 0 Å². The van der Waals surface area contributed by atoms with Gasteiger partial charge < -0.3 is 10.1 Å². The summed E-state index contributed by atoms with van der Waals surface area (Å²) in [5, 5.41) is 3.92. The molecule has 0 atom stereocenters. The van der Waals surface area contributed by atoms with Crippen LogP contribution in [0, 0.1) is 5.92 Å². The van der Waals surface area contributed by atoms with Gasteiger partial charge in [0.05, 0.1) is 23.9 Å². The molecule has 1 heterocycles. The zero-order chi connectivity index (χ0) is 17.1. The van der Waals surface area contributed by atoms with Gasteiger partial charge in [-0.3, -0.25) is 4.79 Å². The number of amides is 1. The van der Waals surface area contributed by atoms with Gasteiger partial charge in [-0.25, -0.2) is 9.78 Å². The minimum absolute atomic E-state index is 0.189. The standard InChI is InChI=1S/C18H20N2O3S/c1-3-12-6-7-13(18(22)23-2)9-14(12)20-17(21)15-10-19-16(24-15)8-11-4-5-11/h6-7,9-11H,3-5,8H2,1-2H3,(H,20,21). The number of methoxy groups -OCH3 is 1. The van der Waals surface area contributed by atoms with Crippen molar-refractivity contribution in [2.45, 2.75) is 32.6 Å². The second kappa shape index (κ2) is 7.13. The van der Waals surface area contributed by atoms with E-state index < -0.39 is 5.97 Å². The van der Waals surface area contributed by atoms with Crippen molar-refractivity contribution in [3.63, 3.8) is 0 Å². The minimum atomic E-state index is -0.419. The number of rotatable bonds is 6. The van der Waals surface area contributed by atoms with Crippen LogP contribution < -0.4 is 5.32 Å². The van der Waals surface area contributed by atoms with Crippen LogP contribution in [0.3, 0.4) is 0 Å². The Morgan fingerprint density at radius 1 is 1.38 bits per heavy atom. The Morgan fingerprint density at radius 3 is 2.83 bits per heavy atom. The molecule has 24 heavy (non-hydrogen) atoms. The predicted molar refractivity (Wildman–Crippen MR) is 93.7 cm³/mol. The second-order valence-corrected chi connectivity index (χ2v) is 7.05. The fourth-order valence-electron chi connectivity index (χ4n) is 2.51. The van der Waals surface area contributed by atoms with Gasteiger partial charge in [0.25, 0.3) is 5.91 Å². The highest BCUT2D eigenvalue weighted by molar-refractivity contribution is 7.13. The molecule has 1 saturated carbocycles. The molecule has 1 aliphatic rings. The molecule has 1 aliphatic carbocycles. The van der Waals surface area contributed by atoms with Gasteiger partial charge in [0.15, 0.2) is 0 Å². The number of carbonyl (C=O) groups excluding carboxylic acids is 2. The fraction of sp³-hybridized carbons (Fsp3) is 0.389. The Hall–Kier alpha value is -2.21. The van der Waals surface area contributed by atoms with E-state index in [-0.39, 0.29) is 5.91 Å². The maximum absolute atomic E-state index is 12.5. The maximum Gasteiger partial charge on any atom is 0.337 e. The van der Waals surface area contributed by atoms with Crippen LogP contribution >= 0.6 is 11.3 Å². The lowest BCUT2D eigenvalue weighted by molar-refractivity contribution is 0.0600. The molecular formula is C18H20N2O3S. The summed E-state index contributed by atoms with van der Waals surface area (Å²) in [6.45, 7) is 2.00. The molecule has 1 aromatic heterocycles. The van der Waals surface area contributed by atoms with E-state index in [1.165, 1.54) is 31.3 Å². The number of anilines is 1. The summed E-state index contributed by atoms with van der Waals surface area (Å²) >= 11 is 1.44. The van der Waals surface area contributed by atoms with E-state index in [1.807, 2.05) is 13.0 Å². The minimum Gasteiger partial charge on any atom is -0.465 e. The average molecular weight is 344 g/mol. The third-order valence-electron chi connectivity index (χ3n) is 4.10. The Labute approximate surface area is 145 Å². The smallest absolute Gasteiger partial charge is 0.337 e. The summed E-state index contributed by atoms with van der Waals surface area (Å²) in [6, 6.07) is 5.21. The zero-order valence-electron chi connectivity index (χ0n) is 13.8. The highest BCUT2D eigenvalue weighted by atomic mass is 32.1. The molecule has 3 rings (SSSR count). The molecule has 6 heteroatoms. The molecule has 1 fully saturated rings. The van der Waals surface area contributed by atoms with Crippen molar-refractivity contribution in [1.82, 2.24) is 4.98 Å². The molecule has 0 saturated heterocycles. The Bertz CT molecular complexity index is 765. The number of hydrogen-bond acceptors (Lipinski definition) is 5. The third kappa shape index (κ3) is 3.82. The number of carbonyl (C=O) groups is 2. The molecule has 0 unspecified atom stereocenters. The van der Waals surface area contributed by atoms with Crippen molar-refractivity contribution < 1.29 is 14.3 Å². The summed E-state index contributed by atoms with van der Waals surface area (Å²) in [5.41, 5.74) is 2.03. The van der Waals surface area contributed by atoms with Crippen LogP contribution in [0.2, 0.25) is 0 Å². The molecule has 0 spiro atoms. The second-order valence-electron chi connectivity index (χ2n) is 5.94. The van der Waals surface area contributed by atoms with Gasteiger partial charge in [-0.2, -0.15) is 0 Å². The van der Waals surface area contributed by atoms with Gasteiger partial charge in [0, 0.05) is 12.1 Å². The molecule has 1 amide bonds. The molecule has 1 N–H and O–H groups in total. The van der Waals surface area contributed by atoms with E-state index in [0.29, 0.717) is 16.1 Å². The number of aryl methyl sites for hydroxylation is 1. The lowest BCUT2D eigenvalue weighted by atomic mass is 10.1. The molecule has 0 aliphatic heterocycles. The van der Waals surface area contributed by atoms with E-state index in [0.717, 1.165) is 29.3 Å². The largest absolute Gasteiger partial charge is 0.465 e. The van der Waals surface area contributed by atoms with Crippen molar-refractivity contribution in [2.75, 3.05) is 12.4 Å². The van der Waals surface area contributed by atoms with E-state index in [9.17, 15) is 9.59 Å². The first-order chi connectivity index (χ1) is 11.6. The van der Waals surface area contributed by atoms with Crippen molar-refractivity contribution in [3.8, 4) is 0 Å². The van der Waals surface area contributed by atoms with Crippen LogP contribution in [0.15, 0.2) is 24.4 Å². The number of hydrogen-bond donors (Lipinski definition) is 1. The molecule has 2 aromatic rings. The average Bonchev–Trinajstić information content (AvgIpc) is 3.28. The summed E-state index contributed by atoms with van der Waals surface area (Å²) in [5.74, 6) is 0.138. The molecule has 126 valence electrons. The summed E-state index contributed by atoms with van der Waals surface area (Å²) in [7, 11) is 1.34. The van der Waals surface area contributed by atoms with Crippen LogP contribution in [0.4, 0.5) is 5.69 Å². The number of nitrogens with zero attached hydrogens (tertiary/aromatic N) is 1. The number of thiazole rings is 1. The Balaban J connectivity index is 1.76. The van der Waals surface area contributed by atoms with Gasteiger partial charge in [0.2, 0.25) is 0 Å². The van der Waals surface area contributed by atoms with E-state index in [1.54, 1.807) is 18.3 Å². The van der Waals surface area contributed by atoms with Crippen molar-refractivity contribution >= 4 is 28.9 Å². The summed E-state index contributed by atoms with van der Waals surface area (Å²) in [4.78, 5) is 29.1. The monoisotopic (exact) mass is 344 g/mol. The Kier molecular flexibility index (Phi) is 4.94. The van der Waals surface area contributed by atoms with Crippen LogP contribution in [0.1, 0.15) is 50.4 Å². The first kappa shape index (κ1) is 16.6. The third-order valence-corrected chi connectivity index (χ3v) is 5.12. The summed E-state index contributed by atoms with van der Waals surface area (Å²) < 4.78 is 4.74. The first-order valence-electron chi connectivity index (χ1n) is 8.08. The number of ether oxygens (including phenoxy) is 1. The topological polar surface area (TPSA) is 68.3 Å². The van der Waals surface area contributed by atoms with Gasteiger partial charge in [-0.05, 0) is 42.9 Å². The van der Waals surface area contributed by atoms with Gasteiger partial charge in [0.1, 0.15) is 4.88 Å². The van der Waals surface area contributed by atoms with Gasteiger partial charge in [-0.1, -0.05) is 13.0 Å². The Morgan fingerprint density at radius 2 is 2.17 bits per heavy atom. The SMILES string of the molecule is CCc1ccc(C(=O)OC)cc1NC(=O)c1cnc(CC2CC2)s1. The fourth-order valence-corrected chi connectivity index (χ4v) is 3.44.